The second kappa shape index (κ2) is 12.3. The SMILES string of the molecule is CCC1C=C(C(C)(C)C)C=[C]1[Zr](=[C](c1ccccc1)c1ccccc1)[c]1cc(C(C)(C)C)cc2c1Cc1ccc(C(C)(C)C)cc1-2. The van der Waals surface area contributed by atoms with Gasteiger partial charge in [0.1, 0.15) is 0 Å². The average molecular weight is 684 g/mol. The van der Waals surface area contributed by atoms with E-state index in [9.17, 15) is 0 Å². The molecule has 6 rings (SSSR count). The minimum atomic E-state index is -2.88. The van der Waals surface area contributed by atoms with Gasteiger partial charge in [0, 0.05) is 0 Å². The molecule has 0 bridgehead atoms. The minimum absolute atomic E-state index is 0.0468. The zero-order valence-electron chi connectivity index (χ0n) is 29.8. The van der Waals surface area contributed by atoms with E-state index in [-0.39, 0.29) is 16.2 Å². The molecule has 1 heteroatoms. The maximum absolute atomic E-state index is 2.88. The summed E-state index contributed by atoms with van der Waals surface area (Å²) in [6, 6.07) is 35.3. The van der Waals surface area contributed by atoms with E-state index in [1.807, 2.05) is 0 Å². The number of rotatable bonds is 5. The van der Waals surface area contributed by atoms with Crippen LogP contribution in [0.15, 0.2) is 112 Å². The molecule has 46 heavy (non-hydrogen) atoms. The standard InChI is InChI=1S/C21H25.C13H10.C11H17.Zr/c1-20(2,3)16-9-7-14-11-15-8-10-17(21(4,5)6)13-19(15)18(14)12-16;1-3-7-12(8-4-1)11-13-9-5-2-6-10-13;1-5-9-6-7-10(8-9)11(2,3)4;/h7,9-10,12-13H,11H2,1-6H3;1-10H;7-9H,5H2,1-4H3;. The van der Waals surface area contributed by atoms with Gasteiger partial charge in [0.25, 0.3) is 0 Å². The monoisotopic (exact) mass is 682 g/mol. The summed E-state index contributed by atoms with van der Waals surface area (Å²) in [6.07, 6.45) is 7.47. The van der Waals surface area contributed by atoms with E-state index in [1.54, 1.807) is 15.3 Å². The molecule has 0 aliphatic heterocycles. The van der Waals surface area contributed by atoms with Crippen LogP contribution in [0, 0.1) is 11.3 Å². The molecule has 0 radical (unpaired) electrons. The van der Waals surface area contributed by atoms with Crippen LogP contribution in [0.4, 0.5) is 0 Å². The van der Waals surface area contributed by atoms with Crippen LogP contribution in [0.25, 0.3) is 11.1 Å². The molecule has 0 nitrogen and oxygen atoms in total. The fourth-order valence-electron chi connectivity index (χ4n) is 7.19. The Hall–Kier alpha value is -2.89. The molecule has 0 aromatic heterocycles. The molecular formula is C45H52Zr. The molecule has 0 heterocycles. The number of benzene rings is 4. The maximum atomic E-state index is 2.68. The van der Waals surface area contributed by atoms with Crippen LogP contribution in [0.2, 0.25) is 0 Å². The zero-order valence-corrected chi connectivity index (χ0v) is 32.3. The molecule has 0 saturated heterocycles. The third-order valence-electron chi connectivity index (χ3n) is 10.1. The van der Waals surface area contributed by atoms with Gasteiger partial charge in [0.05, 0.1) is 0 Å². The summed E-state index contributed by atoms with van der Waals surface area (Å²) in [5, 5.41) is 0. The van der Waals surface area contributed by atoms with Crippen LogP contribution in [-0.2, 0) is 38.5 Å². The first kappa shape index (κ1) is 33.0. The van der Waals surface area contributed by atoms with Crippen LogP contribution in [-0.4, -0.2) is 3.21 Å². The molecule has 236 valence electrons. The van der Waals surface area contributed by atoms with Crippen molar-refractivity contribution in [3.8, 4) is 11.1 Å². The molecule has 1 unspecified atom stereocenters. The molecular weight excluding hydrogens is 632 g/mol. The van der Waals surface area contributed by atoms with E-state index in [4.69, 9.17) is 0 Å². The van der Waals surface area contributed by atoms with Crippen molar-refractivity contribution in [3.63, 3.8) is 0 Å². The topological polar surface area (TPSA) is 0 Å². The Morgan fingerprint density at radius 1 is 0.652 bits per heavy atom. The Balaban J connectivity index is 1.76. The molecule has 2 aliphatic carbocycles. The number of hydrogen-bond acceptors (Lipinski definition) is 0. The fraction of sp³-hybridized carbons (Fsp3) is 0.356. The van der Waals surface area contributed by atoms with Crippen LogP contribution in [0.5, 0.6) is 0 Å². The van der Waals surface area contributed by atoms with E-state index in [1.165, 1.54) is 44.5 Å². The third-order valence-corrected chi connectivity index (χ3v) is 17.8. The quantitative estimate of drug-likeness (QED) is 0.173. The van der Waals surface area contributed by atoms with Crippen molar-refractivity contribution in [1.82, 2.24) is 0 Å². The van der Waals surface area contributed by atoms with Crippen molar-refractivity contribution in [3.05, 3.63) is 145 Å². The van der Waals surface area contributed by atoms with E-state index in [0.29, 0.717) is 5.92 Å². The summed E-state index contributed by atoms with van der Waals surface area (Å²) in [5.41, 5.74) is 13.5. The van der Waals surface area contributed by atoms with Gasteiger partial charge in [-0.3, -0.25) is 0 Å². The summed E-state index contributed by atoms with van der Waals surface area (Å²) >= 11 is -2.88. The van der Waals surface area contributed by atoms with Gasteiger partial charge < -0.3 is 0 Å². The Bertz CT molecular complexity index is 1820. The van der Waals surface area contributed by atoms with Gasteiger partial charge in [0.15, 0.2) is 0 Å². The first-order valence-electron chi connectivity index (χ1n) is 17.3. The van der Waals surface area contributed by atoms with Crippen molar-refractivity contribution in [2.45, 2.75) is 92.9 Å². The third kappa shape index (κ3) is 6.34. The molecule has 0 spiro atoms. The molecule has 2 aliphatic rings. The van der Waals surface area contributed by atoms with Gasteiger partial charge >= 0.3 is 288 Å². The van der Waals surface area contributed by atoms with Crippen molar-refractivity contribution in [2.75, 3.05) is 0 Å². The number of hydrogen-bond donors (Lipinski definition) is 0. The van der Waals surface area contributed by atoms with Crippen molar-refractivity contribution < 1.29 is 21.3 Å². The summed E-state index contributed by atoms with van der Waals surface area (Å²) in [4.78, 5) is 0. The Morgan fingerprint density at radius 3 is 1.74 bits per heavy atom. The van der Waals surface area contributed by atoms with Crippen LogP contribution in [0.1, 0.15) is 109 Å². The molecule has 0 fully saturated rings. The molecule has 0 saturated carbocycles. The van der Waals surface area contributed by atoms with Gasteiger partial charge in [0.2, 0.25) is 0 Å². The average Bonchev–Trinajstić information content (AvgIpc) is 3.61. The molecule has 4 aromatic carbocycles. The number of allylic oxidation sites excluding steroid dienone is 4. The summed E-state index contributed by atoms with van der Waals surface area (Å²) in [6.45, 7) is 23.7. The molecule has 4 aromatic rings. The van der Waals surface area contributed by atoms with E-state index >= 15 is 0 Å². The first-order valence-corrected chi connectivity index (χ1v) is 21.0. The van der Waals surface area contributed by atoms with Crippen LogP contribution in [0.3, 0.4) is 0 Å². The predicted octanol–water partition coefficient (Wildman–Crippen LogP) is 11.3. The second-order valence-electron chi connectivity index (χ2n) is 16.6. The molecule has 0 N–H and O–H groups in total. The Labute approximate surface area is 286 Å². The van der Waals surface area contributed by atoms with E-state index in [2.05, 4.69) is 172 Å². The van der Waals surface area contributed by atoms with Crippen LogP contribution < -0.4 is 3.27 Å². The van der Waals surface area contributed by atoms with E-state index < -0.39 is 21.3 Å². The van der Waals surface area contributed by atoms with Crippen LogP contribution >= 0.6 is 0 Å². The van der Waals surface area contributed by atoms with Crippen molar-refractivity contribution in [2.24, 2.45) is 11.3 Å². The van der Waals surface area contributed by atoms with Crippen molar-refractivity contribution in [1.29, 1.82) is 0 Å². The first-order chi connectivity index (χ1) is 21.7. The summed E-state index contributed by atoms with van der Waals surface area (Å²) < 4.78 is 5.02. The predicted molar refractivity (Wildman–Crippen MR) is 197 cm³/mol. The zero-order chi connectivity index (χ0) is 33.0. The van der Waals surface area contributed by atoms with Gasteiger partial charge in [-0.25, -0.2) is 0 Å². The van der Waals surface area contributed by atoms with E-state index in [0.717, 1.165) is 12.8 Å². The van der Waals surface area contributed by atoms with Gasteiger partial charge in [-0.05, 0) is 0 Å². The fourth-order valence-corrected chi connectivity index (χ4v) is 15.9. The summed E-state index contributed by atoms with van der Waals surface area (Å²) in [7, 11) is 0. The Morgan fingerprint density at radius 2 is 1.22 bits per heavy atom. The van der Waals surface area contributed by atoms with Gasteiger partial charge in [-0.1, -0.05) is 0 Å². The summed E-state index contributed by atoms with van der Waals surface area (Å²) in [5.74, 6) is 0.483. The molecule has 1 atom stereocenters. The Kier molecular flexibility index (Phi) is 8.82. The van der Waals surface area contributed by atoms with Gasteiger partial charge in [-0.15, -0.1) is 0 Å². The van der Waals surface area contributed by atoms with Crippen molar-refractivity contribution >= 4 is 6.48 Å². The molecule has 0 amide bonds. The normalized spacial score (nSPS) is 16.1. The second-order valence-corrected chi connectivity index (χ2v) is 22.4. The van der Waals surface area contributed by atoms with Gasteiger partial charge in [-0.2, -0.15) is 0 Å². The number of fused-ring (bicyclic) bond motifs is 3.